The SMILES string of the molecule is CN(Cc1ccc(F)cc1)C(=O)CNc1ccc(OC(F)F)c(Cl)c1. The molecule has 0 aliphatic rings. The molecule has 2 rings (SSSR count). The first-order valence-electron chi connectivity index (χ1n) is 7.32. The number of hydrogen-bond donors (Lipinski definition) is 1. The van der Waals surface area contributed by atoms with Crippen molar-refractivity contribution in [1.82, 2.24) is 4.90 Å². The van der Waals surface area contributed by atoms with E-state index in [0.717, 1.165) is 5.56 Å². The zero-order chi connectivity index (χ0) is 18.4. The second kappa shape index (κ2) is 8.62. The Morgan fingerprint density at radius 1 is 1.24 bits per heavy atom. The molecule has 4 nitrogen and oxygen atoms in total. The monoisotopic (exact) mass is 372 g/mol. The number of hydrogen-bond acceptors (Lipinski definition) is 3. The van der Waals surface area contributed by atoms with Gasteiger partial charge in [-0.05, 0) is 35.9 Å². The van der Waals surface area contributed by atoms with Crippen LogP contribution in [-0.2, 0) is 11.3 Å². The molecule has 1 amide bonds. The Kier molecular flexibility index (Phi) is 6.52. The number of amides is 1. The molecule has 0 aliphatic heterocycles. The number of benzene rings is 2. The van der Waals surface area contributed by atoms with E-state index in [-0.39, 0.29) is 29.0 Å². The van der Waals surface area contributed by atoms with Gasteiger partial charge in [0.1, 0.15) is 11.6 Å². The average Bonchev–Trinajstić information content (AvgIpc) is 2.56. The van der Waals surface area contributed by atoms with Crippen molar-refractivity contribution in [3.63, 3.8) is 0 Å². The van der Waals surface area contributed by atoms with Gasteiger partial charge in [0.05, 0.1) is 11.6 Å². The number of ether oxygens (including phenoxy) is 1. The van der Waals surface area contributed by atoms with Crippen LogP contribution in [0, 0.1) is 5.82 Å². The Bertz CT molecular complexity index is 726. The summed E-state index contributed by atoms with van der Waals surface area (Å²) in [7, 11) is 1.62. The molecular weight excluding hydrogens is 357 g/mol. The van der Waals surface area contributed by atoms with Crippen LogP contribution in [0.3, 0.4) is 0 Å². The number of halogens is 4. The lowest BCUT2D eigenvalue weighted by atomic mass is 10.2. The Hall–Kier alpha value is -2.41. The molecule has 134 valence electrons. The molecule has 2 aromatic rings. The minimum absolute atomic E-state index is 0.0108. The lowest BCUT2D eigenvalue weighted by Gasteiger charge is -2.18. The third-order valence-electron chi connectivity index (χ3n) is 3.35. The molecule has 0 bridgehead atoms. The lowest BCUT2D eigenvalue weighted by Crippen LogP contribution is -2.31. The molecule has 8 heteroatoms. The van der Waals surface area contributed by atoms with Crippen LogP contribution in [-0.4, -0.2) is 31.0 Å². The first-order valence-corrected chi connectivity index (χ1v) is 7.69. The fraction of sp³-hybridized carbons (Fsp3) is 0.235. The smallest absolute Gasteiger partial charge is 0.387 e. The second-order valence-electron chi connectivity index (χ2n) is 5.25. The standard InChI is InChI=1S/C17H16ClF3N2O2/c1-23(10-11-2-4-12(19)5-3-11)16(24)9-22-13-6-7-15(14(18)8-13)25-17(20)21/h2-8,17,22H,9-10H2,1H3. The number of anilines is 1. The maximum absolute atomic E-state index is 12.9. The van der Waals surface area contributed by atoms with Crippen LogP contribution in [0.15, 0.2) is 42.5 Å². The van der Waals surface area contributed by atoms with Crippen molar-refractivity contribution < 1.29 is 22.7 Å². The van der Waals surface area contributed by atoms with Crippen molar-refractivity contribution in [1.29, 1.82) is 0 Å². The van der Waals surface area contributed by atoms with Crippen LogP contribution >= 0.6 is 11.6 Å². The van der Waals surface area contributed by atoms with Gasteiger partial charge in [0.2, 0.25) is 5.91 Å². The third-order valence-corrected chi connectivity index (χ3v) is 3.65. The molecule has 0 radical (unpaired) electrons. The highest BCUT2D eigenvalue weighted by molar-refractivity contribution is 6.32. The molecule has 0 heterocycles. The Balaban J connectivity index is 1.88. The molecule has 0 fully saturated rings. The molecular formula is C17H16ClF3N2O2. The molecule has 0 spiro atoms. The minimum Gasteiger partial charge on any atom is -0.433 e. The maximum atomic E-state index is 12.9. The molecule has 0 aliphatic carbocycles. The summed E-state index contributed by atoms with van der Waals surface area (Å²) in [6, 6.07) is 10.0. The molecule has 2 aromatic carbocycles. The number of nitrogens with one attached hydrogen (secondary N) is 1. The van der Waals surface area contributed by atoms with Gasteiger partial charge < -0.3 is 15.0 Å². The van der Waals surface area contributed by atoms with Gasteiger partial charge in [-0.15, -0.1) is 0 Å². The summed E-state index contributed by atoms with van der Waals surface area (Å²) in [4.78, 5) is 13.6. The molecule has 0 atom stereocenters. The number of carbonyl (C=O) groups is 1. The van der Waals surface area contributed by atoms with Gasteiger partial charge in [0.25, 0.3) is 0 Å². The zero-order valence-corrected chi connectivity index (χ0v) is 14.1. The highest BCUT2D eigenvalue weighted by Gasteiger charge is 2.11. The second-order valence-corrected chi connectivity index (χ2v) is 5.66. The van der Waals surface area contributed by atoms with Gasteiger partial charge in [-0.25, -0.2) is 4.39 Å². The number of rotatable bonds is 7. The van der Waals surface area contributed by atoms with E-state index in [0.29, 0.717) is 12.2 Å². The van der Waals surface area contributed by atoms with Gasteiger partial charge in [0, 0.05) is 19.3 Å². The van der Waals surface area contributed by atoms with Gasteiger partial charge in [-0.2, -0.15) is 8.78 Å². The van der Waals surface area contributed by atoms with Crippen molar-refractivity contribution >= 4 is 23.2 Å². The Morgan fingerprint density at radius 2 is 1.92 bits per heavy atom. The summed E-state index contributed by atoms with van der Waals surface area (Å²) in [6.07, 6.45) is 0. The highest BCUT2D eigenvalue weighted by Crippen LogP contribution is 2.28. The number of carbonyl (C=O) groups excluding carboxylic acids is 1. The largest absolute Gasteiger partial charge is 0.433 e. The minimum atomic E-state index is -2.96. The summed E-state index contributed by atoms with van der Waals surface area (Å²) in [5, 5.41) is 2.87. The molecule has 0 saturated heterocycles. The van der Waals surface area contributed by atoms with E-state index in [1.54, 1.807) is 19.2 Å². The van der Waals surface area contributed by atoms with Crippen LogP contribution in [0.4, 0.5) is 18.9 Å². The van der Waals surface area contributed by atoms with Gasteiger partial charge in [-0.1, -0.05) is 23.7 Å². The van der Waals surface area contributed by atoms with Crippen LogP contribution in [0.5, 0.6) is 5.75 Å². The van der Waals surface area contributed by atoms with Gasteiger partial charge in [0.15, 0.2) is 0 Å². The topological polar surface area (TPSA) is 41.6 Å². The van der Waals surface area contributed by atoms with Crippen molar-refractivity contribution in [2.24, 2.45) is 0 Å². The fourth-order valence-electron chi connectivity index (χ4n) is 2.07. The molecule has 25 heavy (non-hydrogen) atoms. The summed E-state index contributed by atoms with van der Waals surface area (Å²) >= 11 is 5.85. The Labute approximate surface area is 148 Å². The van der Waals surface area contributed by atoms with Crippen molar-refractivity contribution in [2.45, 2.75) is 13.2 Å². The summed E-state index contributed by atoms with van der Waals surface area (Å²) in [5.74, 6) is -0.675. The predicted molar refractivity (Wildman–Crippen MR) is 89.4 cm³/mol. The van der Waals surface area contributed by atoms with E-state index in [1.165, 1.54) is 35.2 Å². The number of nitrogens with zero attached hydrogens (tertiary/aromatic N) is 1. The van der Waals surface area contributed by atoms with Crippen molar-refractivity contribution in [2.75, 3.05) is 18.9 Å². The summed E-state index contributed by atoms with van der Waals surface area (Å²) in [6.45, 7) is -2.63. The van der Waals surface area contributed by atoms with E-state index in [4.69, 9.17) is 11.6 Å². The zero-order valence-electron chi connectivity index (χ0n) is 13.3. The normalized spacial score (nSPS) is 10.6. The Morgan fingerprint density at radius 3 is 2.52 bits per heavy atom. The molecule has 0 unspecified atom stereocenters. The number of likely N-dealkylation sites (N-methyl/N-ethyl adjacent to an activating group) is 1. The molecule has 0 saturated carbocycles. The van der Waals surface area contributed by atoms with Crippen LogP contribution in [0.1, 0.15) is 5.56 Å². The number of alkyl halides is 2. The van der Waals surface area contributed by atoms with Crippen LogP contribution in [0.2, 0.25) is 5.02 Å². The fourth-order valence-corrected chi connectivity index (χ4v) is 2.29. The van der Waals surface area contributed by atoms with Crippen LogP contribution < -0.4 is 10.1 Å². The van der Waals surface area contributed by atoms with Crippen molar-refractivity contribution in [3.8, 4) is 5.75 Å². The predicted octanol–water partition coefficient (Wildman–Crippen LogP) is 4.15. The van der Waals surface area contributed by atoms with E-state index >= 15 is 0 Å². The lowest BCUT2D eigenvalue weighted by molar-refractivity contribution is -0.128. The van der Waals surface area contributed by atoms with Gasteiger partial charge >= 0.3 is 6.61 Å². The summed E-state index contributed by atoms with van der Waals surface area (Å²) < 4.78 is 41.5. The van der Waals surface area contributed by atoms with Gasteiger partial charge in [-0.3, -0.25) is 4.79 Å². The first-order chi connectivity index (χ1) is 11.8. The first kappa shape index (κ1) is 18.9. The van der Waals surface area contributed by atoms with Crippen molar-refractivity contribution in [3.05, 3.63) is 58.9 Å². The van der Waals surface area contributed by atoms with Crippen LogP contribution in [0.25, 0.3) is 0 Å². The molecule has 1 N–H and O–H groups in total. The van der Waals surface area contributed by atoms with E-state index in [1.807, 2.05) is 0 Å². The van der Waals surface area contributed by atoms with E-state index in [2.05, 4.69) is 10.1 Å². The summed E-state index contributed by atoms with van der Waals surface area (Å²) in [5.41, 5.74) is 1.30. The third kappa shape index (κ3) is 5.86. The maximum Gasteiger partial charge on any atom is 0.387 e. The average molecular weight is 373 g/mol. The van der Waals surface area contributed by atoms with E-state index in [9.17, 15) is 18.0 Å². The highest BCUT2D eigenvalue weighted by atomic mass is 35.5. The van der Waals surface area contributed by atoms with E-state index < -0.39 is 6.61 Å². The molecule has 0 aromatic heterocycles. The quantitative estimate of drug-likeness (QED) is 0.793.